The molecule has 1 saturated heterocycles. The lowest BCUT2D eigenvalue weighted by molar-refractivity contribution is -0.132. The Morgan fingerprint density at radius 2 is 1.94 bits per heavy atom. The average Bonchev–Trinajstić information content (AvgIpc) is 2.59. The molecule has 0 unspecified atom stereocenters. The molecule has 1 aliphatic carbocycles. The van der Waals surface area contributed by atoms with Gasteiger partial charge in [0.05, 0.1) is 6.07 Å². The lowest BCUT2D eigenvalue weighted by Crippen LogP contribution is -2.48. The molecule has 0 aromatic rings. The number of nitriles is 1. The highest BCUT2D eigenvalue weighted by Crippen LogP contribution is 2.33. The normalized spacial score (nSPS) is 22.1. The van der Waals surface area contributed by atoms with Crippen LogP contribution >= 0.6 is 0 Å². The van der Waals surface area contributed by atoms with E-state index < -0.39 is 5.54 Å². The van der Waals surface area contributed by atoms with E-state index in [2.05, 4.69) is 11.4 Å². The number of carbonyl (C=O) groups excluding carboxylic acids is 2. The summed E-state index contributed by atoms with van der Waals surface area (Å²) < 4.78 is 0. The van der Waals surface area contributed by atoms with Crippen LogP contribution in [0.4, 0.5) is 4.79 Å². The summed E-state index contributed by atoms with van der Waals surface area (Å²) in [5.74, 6) is -0.0517. The van der Waals surface area contributed by atoms with E-state index in [-0.39, 0.29) is 11.9 Å². The second-order valence-corrected chi connectivity index (χ2v) is 5.14. The Bertz CT molecular complexity index is 380. The van der Waals surface area contributed by atoms with E-state index >= 15 is 0 Å². The minimum atomic E-state index is -0.607. The van der Waals surface area contributed by atoms with Crippen molar-refractivity contribution in [3.05, 3.63) is 0 Å². The van der Waals surface area contributed by atoms with Gasteiger partial charge in [-0.05, 0) is 25.7 Å². The average molecular weight is 249 g/mol. The second kappa shape index (κ2) is 5.38. The minimum Gasteiger partial charge on any atom is -0.323 e. The van der Waals surface area contributed by atoms with Crippen LogP contribution in [-0.2, 0) is 4.79 Å². The first-order chi connectivity index (χ1) is 8.69. The summed E-state index contributed by atoms with van der Waals surface area (Å²) in [6.45, 7) is 0.439. The van der Waals surface area contributed by atoms with Crippen molar-refractivity contribution in [1.29, 1.82) is 5.26 Å². The molecule has 1 heterocycles. The van der Waals surface area contributed by atoms with Crippen LogP contribution in [0.2, 0.25) is 0 Å². The molecule has 0 aromatic heterocycles. The van der Waals surface area contributed by atoms with E-state index in [1.807, 2.05) is 0 Å². The van der Waals surface area contributed by atoms with Crippen LogP contribution in [-0.4, -0.2) is 28.9 Å². The van der Waals surface area contributed by atoms with Crippen molar-refractivity contribution in [2.24, 2.45) is 0 Å². The second-order valence-electron chi connectivity index (χ2n) is 5.14. The number of urea groups is 1. The molecule has 0 atom stereocenters. The van der Waals surface area contributed by atoms with Gasteiger partial charge >= 0.3 is 6.03 Å². The molecular weight excluding hydrogens is 230 g/mol. The SMILES string of the molecule is N#CCCCCN1C(=O)NC2(CCCCC2)C1=O. The number of hydrogen-bond donors (Lipinski definition) is 1. The smallest absolute Gasteiger partial charge is 0.323 e. The number of nitrogens with one attached hydrogen (secondary N) is 1. The summed E-state index contributed by atoms with van der Waals surface area (Å²) >= 11 is 0. The quantitative estimate of drug-likeness (QED) is 0.611. The van der Waals surface area contributed by atoms with Crippen molar-refractivity contribution in [2.75, 3.05) is 6.54 Å². The third-order valence-corrected chi connectivity index (χ3v) is 3.87. The van der Waals surface area contributed by atoms with Crippen molar-refractivity contribution in [3.63, 3.8) is 0 Å². The molecule has 1 spiro atoms. The maximum atomic E-state index is 12.3. The molecule has 98 valence electrons. The molecule has 1 aliphatic heterocycles. The van der Waals surface area contributed by atoms with Crippen LogP contribution in [0.25, 0.3) is 0 Å². The van der Waals surface area contributed by atoms with Gasteiger partial charge in [-0.25, -0.2) is 4.79 Å². The predicted octanol–water partition coefficient (Wildman–Crippen LogP) is 1.93. The van der Waals surface area contributed by atoms with Crippen molar-refractivity contribution in [3.8, 4) is 6.07 Å². The van der Waals surface area contributed by atoms with Crippen LogP contribution in [0.1, 0.15) is 51.4 Å². The summed E-state index contributed by atoms with van der Waals surface area (Å²) in [5.41, 5.74) is -0.607. The fourth-order valence-electron chi connectivity index (χ4n) is 2.85. The largest absolute Gasteiger partial charge is 0.325 e. The van der Waals surface area contributed by atoms with E-state index in [1.165, 1.54) is 4.90 Å². The Kier molecular flexibility index (Phi) is 3.85. The molecule has 5 nitrogen and oxygen atoms in total. The fourth-order valence-corrected chi connectivity index (χ4v) is 2.85. The molecule has 2 fully saturated rings. The Morgan fingerprint density at radius 3 is 2.61 bits per heavy atom. The minimum absolute atomic E-state index is 0.0517. The van der Waals surface area contributed by atoms with Gasteiger partial charge in [0.1, 0.15) is 5.54 Å². The first kappa shape index (κ1) is 12.9. The van der Waals surface area contributed by atoms with Gasteiger partial charge in [0, 0.05) is 13.0 Å². The summed E-state index contributed by atoms with van der Waals surface area (Å²) in [6.07, 6.45) is 6.63. The van der Waals surface area contributed by atoms with Crippen LogP contribution in [0, 0.1) is 11.3 Å². The molecular formula is C13H19N3O2. The number of unbranched alkanes of at least 4 members (excludes halogenated alkanes) is 2. The number of amides is 3. The zero-order valence-electron chi connectivity index (χ0n) is 10.6. The Balaban J connectivity index is 1.94. The number of rotatable bonds is 4. The van der Waals surface area contributed by atoms with Gasteiger partial charge in [0.2, 0.25) is 0 Å². The molecule has 1 saturated carbocycles. The molecule has 2 rings (SSSR count). The maximum absolute atomic E-state index is 12.3. The topological polar surface area (TPSA) is 73.2 Å². The molecule has 0 bridgehead atoms. The third kappa shape index (κ3) is 2.33. The summed E-state index contributed by atoms with van der Waals surface area (Å²) in [5, 5.41) is 11.3. The standard InChI is InChI=1S/C13H19N3O2/c14-9-5-2-6-10-16-11(17)13(15-12(16)18)7-3-1-4-8-13/h1-8,10H2,(H,15,18). The van der Waals surface area contributed by atoms with Gasteiger partial charge in [-0.2, -0.15) is 5.26 Å². The van der Waals surface area contributed by atoms with Crippen LogP contribution in [0.5, 0.6) is 0 Å². The molecule has 2 aliphatic rings. The lowest BCUT2D eigenvalue weighted by atomic mass is 9.82. The van der Waals surface area contributed by atoms with E-state index in [0.29, 0.717) is 19.4 Å². The van der Waals surface area contributed by atoms with Gasteiger partial charge in [0.15, 0.2) is 0 Å². The van der Waals surface area contributed by atoms with Gasteiger partial charge in [-0.3, -0.25) is 9.69 Å². The summed E-state index contributed by atoms with van der Waals surface area (Å²) in [6, 6.07) is 1.82. The highest BCUT2D eigenvalue weighted by atomic mass is 16.2. The first-order valence-electron chi connectivity index (χ1n) is 6.71. The summed E-state index contributed by atoms with van der Waals surface area (Å²) in [7, 11) is 0. The maximum Gasteiger partial charge on any atom is 0.325 e. The van der Waals surface area contributed by atoms with Crippen molar-refractivity contribution in [2.45, 2.75) is 56.9 Å². The Morgan fingerprint density at radius 1 is 1.22 bits per heavy atom. The molecule has 5 heteroatoms. The number of hydrogen-bond acceptors (Lipinski definition) is 3. The predicted molar refractivity (Wildman–Crippen MR) is 65.5 cm³/mol. The zero-order chi connectivity index (χ0) is 13.0. The van der Waals surface area contributed by atoms with Crippen LogP contribution in [0.3, 0.4) is 0 Å². The lowest BCUT2D eigenvalue weighted by Gasteiger charge is -2.30. The van der Waals surface area contributed by atoms with E-state index in [9.17, 15) is 9.59 Å². The van der Waals surface area contributed by atoms with Gasteiger partial charge < -0.3 is 5.32 Å². The number of nitrogens with zero attached hydrogens (tertiary/aromatic N) is 2. The van der Waals surface area contributed by atoms with E-state index in [4.69, 9.17) is 5.26 Å². The molecule has 3 amide bonds. The van der Waals surface area contributed by atoms with Crippen molar-refractivity contribution >= 4 is 11.9 Å². The van der Waals surface area contributed by atoms with Crippen LogP contribution < -0.4 is 5.32 Å². The molecule has 0 radical (unpaired) electrons. The Hall–Kier alpha value is -1.57. The number of carbonyl (C=O) groups is 2. The van der Waals surface area contributed by atoms with E-state index in [1.54, 1.807) is 0 Å². The zero-order valence-corrected chi connectivity index (χ0v) is 10.6. The van der Waals surface area contributed by atoms with Crippen molar-refractivity contribution < 1.29 is 9.59 Å². The van der Waals surface area contributed by atoms with Gasteiger partial charge in [0.25, 0.3) is 5.91 Å². The number of imide groups is 1. The first-order valence-corrected chi connectivity index (χ1v) is 6.71. The molecule has 18 heavy (non-hydrogen) atoms. The molecule has 1 N–H and O–H groups in total. The highest BCUT2D eigenvalue weighted by molar-refractivity contribution is 6.07. The van der Waals surface area contributed by atoms with E-state index in [0.717, 1.165) is 38.5 Å². The highest BCUT2D eigenvalue weighted by Gasteiger charge is 2.50. The fraction of sp³-hybridized carbons (Fsp3) is 0.769. The molecule has 0 aromatic carbocycles. The Labute approximate surface area is 107 Å². The monoisotopic (exact) mass is 249 g/mol. The summed E-state index contributed by atoms with van der Waals surface area (Å²) in [4.78, 5) is 25.5. The van der Waals surface area contributed by atoms with Crippen LogP contribution in [0.15, 0.2) is 0 Å². The van der Waals surface area contributed by atoms with Gasteiger partial charge in [-0.15, -0.1) is 0 Å². The third-order valence-electron chi connectivity index (χ3n) is 3.87. The van der Waals surface area contributed by atoms with Crippen molar-refractivity contribution in [1.82, 2.24) is 10.2 Å². The van der Waals surface area contributed by atoms with Gasteiger partial charge in [-0.1, -0.05) is 19.3 Å².